The highest BCUT2D eigenvalue weighted by molar-refractivity contribution is 6.67. The smallest absolute Gasteiger partial charge is 0.300 e. The average molecular weight is 421 g/mol. The molecule has 1 heterocycles. The van der Waals surface area contributed by atoms with Gasteiger partial charge < -0.3 is 14.5 Å². The molecular formula is C18H17ClN4O6. The normalized spacial score (nSPS) is 13.9. The molecule has 0 N–H and O–H groups in total. The third-order valence-electron chi connectivity index (χ3n) is 4.72. The number of carbonyl (C=O) groups is 1. The second-order valence-corrected chi connectivity index (χ2v) is 6.67. The highest BCUT2D eigenvalue weighted by atomic mass is 35.5. The highest BCUT2D eigenvalue weighted by Gasteiger charge is 2.33. The van der Waals surface area contributed by atoms with Crippen LogP contribution in [-0.4, -0.2) is 48.4 Å². The molecule has 0 bridgehead atoms. The molecular weight excluding hydrogens is 404 g/mol. The molecule has 10 nitrogen and oxygen atoms in total. The van der Waals surface area contributed by atoms with Gasteiger partial charge in [-0.2, -0.15) is 0 Å². The summed E-state index contributed by atoms with van der Waals surface area (Å²) in [5.74, 6) is 0.729. The fourth-order valence-electron chi connectivity index (χ4n) is 3.30. The maximum atomic E-state index is 11.5. The van der Waals surface area contributed by atoms with Crippen molar-refractivity contribution in [3.05, 3.63) is 62.2 Å². The number of ether oxygens (including phenoxy) is 1. The fourth-order valence-corrected chi connectivity index (χ4v) is 3.41. The predicted octanol–water partition coefficient (Wildman–Crippen LogP) is 3.22. The molecule has 1 saturated heterocycles. The van der Waals surface area contributed by atoms with Crippen LogP contribution in [0.4, 0.5) is 22.7 Å². The Morgan fingerprint density at radius 2 is 1.45 bits per heavy atom. The zero-order valence-electron chi connectivity index (χ0n) is 15.4. The Bertz CT molecular complexity index is 922. The van der Waals surface area contributed by atoms with Gasteiger partial charge in [0.15, 0.2) is 5.69 Å². The summed E-state index contributed by atoms with van der Waals surface area (Å²) in [6, 6.07) is 9.43. The quantitative estimate of drug-likeness (QED) is 0.397. The Hall–Kier alpha value is -3.40. The standard InChI is InChI=1S/C18H17ClN4O6/c1-29-14-4-2-13(3-5-14)20-6-8-21(9-7-20)17-15(22(25)26)10-12(18(19)24)11-16(17)23(27)28/h2-5,10-11H,6-9H2,1H3. The van der Waals surface area contributed by atoms with Gasteiger partial charge in [0.05, 0.1) is 17.0 Å². The molecule has 152 valence electrons. The van der Waals surface area contributed by atoms with E-state index in [1.807, 2.05) is 24.3 Å². The number of benzene rings is 2. The molecule has 0 aromatic heterocycles. The molecule has 11 heteroatoms. The van der Waals surface area contributed by atoms with Crippen molar-refractivity contribution in [3.8, 4) is 5.75 Å². The molecule has 2 aromatic carbocycles. The zero-order chi connectivity index (χ0) is 21.1. The summed E-state index contributed by atoms with van der Waals surface area (Å²) in [6.07, 6.45) is 0. The zero-order valence-corrected chi connectivity index (χ0v) is 16.2. The second-order valence-electron chi connectivity index (χ2n) is 6.32. The lowest BCUT2D eigenvalue weighted by molar-refractivity contribution is -0.392. The Morgan fingerprint density at radius 3 is 1.86 bits per heavy atom. The number of hydrogen-bond acceptors (Lipinski definition) is 8. The summed E-state index contributed by atoms with van der Waals surface area (Å²) in [4.78, 5) is 36.7. The van der Waals surface area contributed by atoms with Crippen LogP contribution >= 0.6 is 11.6 Å². The number of nitrogens with zero attached hydrogens (tertiary/aromatic N) is 4. The predicted molar refractivity (Wildman–Crippen MR) is 107 cm³/mol. The van der Waals surface area contributed by atoms with Crippen molar-refractivity contribution in [3.63, 3.8) is 0 Å². The topological polar surface area (TPSA) is 119 Å². The average Bonchev–Trinajstić information content (AvgIpc) is 2.72. The Balaban J connectivity index is 1.90. The minimum absolute atomic E-state index is 0.115. The second kappa shape index (κ2) is 8.31. The molecule has 1 fully saturated rings. The monoisotopic (exact) mass is 420 g/mol. The van der Waals surface area contributed by atoms with Crippen LogP contribution in [0.15, 0.2) is 36.4 Å². The summed E-state index contributed by atoms with van der Waals surface area (Å²) in [5, 5.41) is 22.1. The van der Waals surface area contributed by atoms with Gasteiger partial charge in [-0.25, -0.2) is 0 Å². The largest absolute Gasteiger partial charge is 0.497 e. The highest BCUT2D eigenvalue weighted by Crippen LogP contribution is 2.39. The van der Waals surface area contributed by atoms with Gasteiger partial charge in [-0.05, 0) is 35.9 Å². The molecule has 2 aromatic rings. The van der Waals surface area contributed by atoms with E-state index >= 15 is 0 Å². The number of methoxy groups -OCH3 is 1. The van der Waals surface area contributed by atoms with Crippen LogP contribution in [0.2, 0.25) is 0 Å². The summed E-state index contributed by atoms with van der Waals surface area (Å²) in [5.41, 5.74) is -0.471. The first-order valence-electron chi connectivity index (χ1n) is 8.62. The maximum absolute atomic E-state index is 11.5. The van der Waals surface area contributed by atoms with Crippen LogP contribution in [0.3, 0.4) is 0 Å². The summed E-state index contributed by atoms with van der Waals surface area (Å²) >= 11 is 5.39. The lowest BCUT2D eigenvalue weighted by Gasteiger charge is -2.36. The van der Waals surface area contributed by atoms with Crippen LogP contribution < -0.4 is 14.5 Å². The van der Waals surface area contributed by atoms with Gasteiger partial charge in [0.1, 0.15) is 5.75 Å². The van der Waals surface area contributed by atoms with Gasteiger partial charge in [-0.1, -0.05) is 0 Å². The van der Waals surface area contributed by atoms with E-state index < -0.39 is 26.5 Å². The summed E-state index contributed by atoms with van der Waals surface area (Å²) in [7, 11) is 1.58. The van der Waals surface area contributed by atoms with Crippen LogP contribution in [0.25, 0.3) is 0 Å². The van der Waals surface area contributed by atoms with E-state index in [0.29, 0.717) is 26.2 Å². The van der Waals surface area contributed by atoms with E-state index in [1.54, 1.807) is 12.0 Å². The molecule has 3 rings (SSSR count). The number of hydrogen-bond donors (Lipinski definition) is 0. The van der Waals surface area contributed by atoms with Gasteiger partial charge in [-0.15, -0.1) is 0 Å². The van der Waals surface area contributed by atoms with Gasteiger partial charge in [-0.3, -0.25) is 25.0 Å². The Kier molecular flexibility index (Phi) is 5.83. The first-order chi connectivity index (χ1) is 13.8. The van der Waals surface area contributed by atoms with E-state index in [4.69, 9.17) is 16.3 Å². The van der Waals surface area contributed by atoms with Crippen molar-refractivity contribution in [2.75, 3.05) is 43.1 Å². The van der Waals surface area contributed by atoms with Crippen LogP contribution in [0.1, 0.15) is 10.4 Å². The molecule has 1 aliphatic heterocycles. The number of anilines is 2. The molecule has 0 saturated carbocycles. The van der Waals surface area contributed by atoms with Crippen molar-refractivity contribution in [1.29, 1.82) is 0 Å². The molecule has 1 aliphatic rings. The van der Waals surface area contributed by atoms with Crippen LogP contribution in [0, 0.1) is 20.2 Å². The van der Waals surface area contributed by atoms with E-state index in [9.17, 15) is 25.0 Å². The number of rotatable bonds is 6. The van der Waals surface area contributed by atoms with Crippen molar-refractivity contribution >= 4 is 39.6 Å². The number of carbonyl (C=O) groups excluding carboxylic acids is 1. The number of nitro benzene ring substituents is 2. The lowest BCUT2D eigenvalue weighted by atomic mass is 10.1. The first kappa shape index (κ1) is 20.3. The number of halogens is 1. The van der Waals surface area contributed by atoms with Crippen molar-refractivity contribution in [2.45, 2.75) is 0 Å². The van der Waals surface area contributed by atoms with Crippen LogP contribution in [0.5, 0.6) is 5.75 Å². The fraction of sp³-hybridized carbons (Fsp3) is 0.278. The Labute approximate surface area is 170 Å². The third-order valence-corrected chi connectivity index (χ3v) is 4.94. The number of piperazine rings is 1. The van der Waals surface area contributed by atoms with E-state index in [2.05, 4.69) is 4.90 Å². The molecule has 0 radical (unpaired) electrons. The van der Waals surface area contributed by atoms with Gasteiger partial charge in [0.2, 0.25) is 0 Å². The summed E-state index contributed by atoms with van der Waals surface area (Å²) < 4.78 is 5.14. The van der Waals surface area contributed by atoms with E-state index in [-0.39, 0.29) is 11.3 Å². The molecule has 0 unspecified atom stereocenters. The van der Waals surface area contributed by atoms with E-state index in [1.165, 1.54) is 0 Å². The summed E-state index contributed by atoms with van der Waals surface area (Å²) in [6.45, 7) is 1.69. The molecule has 0 aliphatic carbocycles. The first-order valence-corrected chi connectivity index (χ1v) is 9.00. The van der Waals surface area contributed by atoms with Gasteiger partial charge in [0.25, 0.3) is 16.6 Å². The van der Waals surface area contributed by atoms with Gasteiger partial charge >= 0.3 is 0 Å². The van der Waals surface area contributed by atoms with Crippen molar-refractivity contribution in [1.82, 2.24) is 0 Å². The molecule has 0 atom stereocenters. The SMILES string of the molecule is COc1ccc(N2CCN(c3c([N+](=O)[O-])cc(C(=O)Cl)cc3[N+](=O)[O-])CC2)cc1. The number of nitro groups is 2. The Morgan fingerprint density at radius 1 is 0.966 bits per heavy atom. The van der Waals surface area contributed by atoms with Crippen LogP contribution in [-0.2, 0) is 0 Å². The third kappa shape index (κ3) is 4.21. The minimum atomic E-state index is -0.993. The lowest BCUT2D eigenvalue weighted by Crippen LogP contribution is -2.46. The maximum Gasteiger partial charge on any atom is 0.300 e. The van der Waals surface area contributed by atoms with Gasteiger partial charge in [0, 0.05) is 49.6 Å². The molecule has 0 amide bonds. The van der Waals surface area contributed by atoms with E-state index in [0.717, 1.165) is 23.6 Å². The minimum Gasteiger partial charge on any atom is -0.497 e. The van der Waals surface area contributed by atoms with Crippen molar-refractivity contribution < 1.29 is 19.4 Å². The molecule has 29 heavy (non-hydrogen) atoms. The molecule has 0 spiro atoms. The van der Waals surface area contributed by atoms with Crippen molar-refractivity contribution in [2.24, 2.45) is 0 Å².